The van der Waals surface area contributed by atoms with Crippen LogP contribution in [-0.4, -0.2) is 25.1 Å². The molecule has 2 aromatic carbocycles. The van der Waals surface area contributed by atoms with Crippen molar-refractivity contribution in [1.29, 1.82) is 5.26 Å². The quantitative estimate of drug-likeness (QED) is 0.695. The van der Waals surface area contributed by atoms with Gasteiger partial charge in [-0.25, -0.2) is 0 Å². The summed E-state index contributed by atoms with van der Waals surface area (Å²) in [5, 5.41) is 14.9. The topological polar surface area (TPSA) is 83.4 Å². The highest BCUT2D eigenvalue weighted by Crippen LogP contribution is 2.33. The van der Waals surface area contributed by atoms with E-state index in [1.165, 1.54) is 24.4 Å². The van der Waals surface area contributed by atoms with E-state index in [1.807, 2.05) is 24.3 Å². The van der Waals surface area contributed by atoms with E-state index in [2.05, 4.69) is 29.7 Å². The predicted octanol–water partition coefficient (Wildman–Crippen LogP) is 3.76. The molecule has 144 valence electrons. The van der Waals surface area contributed by atoms with Crippen LogP contribution in [0.3, 0.4) is 0 Å². The molecule has 1 aliphatic rings. The summed E-state index contributed by atoms with van der Waals surface area (Å²) >= 11 is 1.42. The van der Waals surface area contributed by atoms with Crippen molar-refractivity contribution in [2.75, 3.05) is 19.0 Å². The van der Waals surface area contributed by atoms with E-state index in [9.17, 15) is 4.79 Å². The normalized spacial score (nSPS) is 17.1. The first-order chi connectivity index (χ1) is 13.6. The Morgan fingerprint density at radius 1 is 1.25 bits per heavy atom. The molecular formula is C21H21N3O3S. The summed E-state index contributed by atoms with van der Waals surface area (Å²) in [5.41, 5.74) is 2.81. The molecule has 1 heterocycles. The Balaban J connectivity index is 1.70. The van der Waals surface area contributed by atoms with Gasteiger partial charge in [-0.3, -0.25) is 4.79 Å². The highest BCUT2D eigenvalue weighted by molar-refractivity contribution is 8.05. The summed E-state index contributed by atoms with van der Waals surface area (Å²) in [4.78, 5) is 12.9. The van der Waals surface area contributed by atoms with Crippen molar-refractivity contribution in [3.63, 3.8) is 0 Å². The summed E-state index contributed by atoms with van der Waals surface area (Å²) in [6, 6.07) is 15.4. The molecule has 2 aromatic rings. The number of nitrogens with one attached hydrogen (secondary N) is 2. The summed E-state index contributed by atoms with van der Waals surface area (Å²) in [5.74, 6) is 0.875. The van der Waals surface area contributed by atoms with E-state index in [0.717, 1.165) is 17.7 Å². The number of methoxy groups -OCH3 is 1. The molecule has 1 amide bonds. The fourth-order valence-electron chi connectivity index (χ4n) is 2.71. The highest BCUT2D eigenvalue weighted by atomic mass is 32.2. The van der Waals surface area contributed by atoms with Crippen molar-refractivity contribution in [3.8, 4) is 17.6 Å². The van der Waals surface area contributed by atoms with Gasteiger partial charge >= 0.3 is 0 Å². The Bertz CT molecular complexity index is 919. The number of thioether (sulfide) groups is 1. The molecule has 1 atom stereocenters. The van der Waals surface area contributed by atoms with Crippen LogP contribution < -0.4 is 20.1 Å². The zero-order valence-electron chi connectivity index (χ0n) is 15.7. The molecule has 0 unspecified atom stereocenters. The number of nitriles is 1. The Labute approximate surface area is 168 Å². The van der Waals surface area contributed by atoms with Gasteiger partial charge in [0.2, 0.25) is 0 Å². The second kappa shape index (κ2) is 9.20. The molecule has 0 spiro atoms. The molecule has 0 bridgehead atoms. The first-order valence-corrected chi connectivity index (χ1v) is 9.73. The first-order valence-electron chi connectivity index (χ1n) is 8.85. The summed E-state index contributed by atoms with van der Waals surface area (Å²) in [6.45, 7) is 2.06. The maximum absolute atomic E-state index is 12.3. The number of ether oxygens (including phenoxy) is 2. The average Bonchev–Trinajstić information content (AvgIpc) is 3.06. The molecule has 28 heavy (non-hydrogen) atoms. The average molecular weight is 395 g/mol. The van der Waals surface area contributed by atoms with Gasteiger partial charge in [-0.1, -0.05) is 36.9 Å². The van der Waals surface area contributed by atoms with Gasteiger partial charge in [0.15, 0.2) is 23.6 Å². The minimum Gasteiger partial charge on any atom is -0.493 e. The van der Waals surface area contributed by atoms with Gasteiger partial charge in [-0.15, -0.1) is 0 Å². The third kappa shape index (κ3) is 4.78. The number of nitrogens with zero attached hydrogens (tertiary/aromatic N) is 1. The van der Waals surface area contributed by atoms with Crippen molar-refractivity contribution in [2.24, 2.45) is 0 Å². The van der Waals surface area contributed by atoms with Crippen LogP contribution >= 0.6 is 11.8 Å². The van der Waals surface area contributed by atoms with Crippen molar-refractivity contribution in [2.45, 2.75) is 18.8 Å². The summed E-state index contributed by atoms with van der Waals surface area (Å²) in [6.07, 6.45) is 2.80. The second-order valence-electron chi connectivity index (χ2n) is 6.03. The van der Waals surface area contributed by atoms with Gasteiger partial charge in [-0.05, 0) is 47.9 Å². The molecular weight excluding hydrogens is 374 g/mol. The molecule has 7 heteroatoms. The molecule has 0 saturated carbocycles. The van der Waals surface area contributed by atoms with Crippen LogP contribution in [0.15, 0.2) is 47.4 Å². The standard InChI is InChI=1S/C21H21N3O3S/c1-3-14-4-7-16(8-5-14)23-21-24-20(25)19(28-21)13-15-6-9-17(27-11-10-22)18(12-15)26-2/h4-9,12-13,21,23H,3,11H2,1-2H3,(H,24,25)/b19-13-/t21-/m1/s1. The number of anilines is 1. The molecule has 6 nitrogen and oxygen atoms in total. The SMILES string of the molecule is CCc1ccc(N[C@@H]2NC(=O)/C(=C/c3ccc(OCC#N)c(OC)c3)S2)cc1. The predicted molar refractivity (Wildman–Crippen MR) is 111 cm³/mol. The molecule has 2 N–H and O–H groups in total. The number of hydrogen-bond acceptors (Lipinski definition) is 6. The maximum atomic E-state index is 12.3. The number of hydrogen-bond donors (Lipinski definition) is 2. The van der Waals surface area contributed by atoms with E-state index < -0.39 is 0 Å². The van der Waals surface area contributed by atoms with Crippen LogP contribution in [0.1, 0.15) is 18.1 Å². The Morgan fingerprint density at radius 2 is 2.04 bits per heavy atom. The van der Waals surface area contributed by atoms with E-state index >= 15 is 0 Å². The van der Waals surface area contributed by atoms with Gasteiger partial charge in [0.05, 0.1) is 12.0 Å². The van der Waals surface area contributed by atoms with Crippen LogP contribution in [0.25, 0.3) is 6.08 Å². The molecule has 0 aromatic heterocycles. The summed E-state index contributed by atoms with van der Waals surface area (Å²) in [7, 11) is 1.53. The number of rotatable bonds is 7. The van der Waals surface area contributed by atoms with Gasteiger partial charge in [0, 0.05) is 5.69 Å². The van der Waals surface area contributed by atoms with E-state index in [1.54, 1.807) is 18.2 Å². The third-order valence-corrected chi connectivity index (χ3v) is 5.20. The smallest absolute Gasteiger partial charge is 0.260 e. The van der Waals surface area contributed by atoms with E-state index in [4.69, 9.17) is 14.7 Å². The van der Waals surface area contributed by atoms with Crippen LogP contribution in [0.4, 0.5) is 5.69 Å². The fraction of sp³-hybridized carbons (Fsp3) is 0.238. The molecule has 1 aliphatic heterocycles. The zero-order chi connectivity index (χ0) is 19.9. The van der Waals surface area contributed by atoms with Crippen LogP contribution in [0.5, 0.6) is 11.5 Å². The Morgan fingerprint density at radius 3 is 2.71 bits per heavy atom. The second-order valence-corrected chi connectivity index (χ2v) is 7.18. The number of carbonyl (C=O) groups is 1. The van der Waals surface area contributed by atoms with Gasteiger partial charge in [0.25, 0.3) is 5.91 Å². The minimum absolute atomic E-state index is 0.0539. The number of carbonyl (C=O) groups excluding carboxylic acids is 1. The fourth-order valence-corrected chi connectivity index (χ4v) is 3.69. The van der Waals surface area contributed by atoms with E-state index in [-0.39, 0.29) is 18.0 Å². The maximum Gasteiger partial charge on any atom is 0.260 e. The van der Waals surface area contributed by atoms with Crippen molar-refractivity contribution < 1.29 is 14.3 Å². The monoisotopic (exact) mass is 395 g/mol. The van der Waals surface area contributed by atoms with Crippen molar-refractivity contribution in [3.05, 3.63) is 58.5 Å². The van der Waals surface area contributed by atoms with Crippen molar-refractivity contribution in [1.82, 2.24) is 5.32 Å². The highest BCUT2D eigenvalue weighted by Gasteiger charge is 2.27. The minimum atomic E-state index is -0.230. The van der Waals surface area contributed by atoms with Crippen LogP contribution in [0.2, 0.25) is 0 Å². The lowest BCUT2D eigenvalue weighted by Gasteiger charge is -2.13. The first kappa shape index (κ1) is 19.6. The van der Waals surface area contributed by atoms with Gasteiger partial charge in [0.1, 0.15) is 6.07 Å². The van der Waals surface area contributed by atoms with Crippen molar-refractivity contribution >= 4 is 29.4 Å². The van der Waals surface area contributed by atoms with Crippen LogP contribution in [0, 0.1) is 11.3 Å². The third-order valence-electron chi connectivity index (χ3n) is 4.17. The lowest BCUT2D eigenvalue weighted by molar-refractivity contribution is -0.116. The molecule has 1 fully saturated rings. The summed E-state index contributed by atoms with van der Waals surface area (Å²) < 4.78 is 10.6. The molecule has 1 saturated heterocycles. The zero-order valence-corrected chi connectivity index (χ0v) is 16.5. The van der Waals surface area contributed by atoms with Gasteiger partial charge < -0.3 is 20.1 Å². The van der Waals surface area contributed by atoms with E-state index in [0.29, 0.717) is 16.4 Å². The molecule has 0 radical (unpaired) electrons. The Hall–Kier alpha value is -3.11. The van der Waals surface area contributed by atoms with Gasteiger partial charge in [-0.2, -0.15) is 5.26 Å². The molecule has 0 aliphatic carbocycles. The lowest BCUT2D eigenvalue weighted by Crippen LogP contribution is -2.30. The Kier molecular flexibility index (Phi) is 6.45. The molecule has 3 rings (SSSR count). The number of benzene rings is 2. The number of amides is 1. The largest absolute Gasteiger partial charge is 0.493 e. The lowest BCUT2D eigenvalue weighted by atomic mass is 10.1. The number of aryl methyl sites for hydroxylation is 1. The van der Waals surface area contributed by atoms with Crippen LogP contribution in [-0.2, 0) is 11.2 Å².